The number of carbonyl (C=O) groups is 1. The second-order valence-corrected chi connectivity index (χ2v) is 7.80. The van der Waals surface area contributed by atoms with Gasteiger partial charge < -0.3 is 19.9 Å². The Kier molecular flexibility index (Phi) is 4.36. The van der Waals surface area contributed by atoms with Crippen LogP contribution in [0.25, 0.3) is 0 Å². The number of nitrogens with zero attached hydrogens (tertiary/aromatic N) is 2. The van der Waals surface area contributed by atoms with Crippen LogP contribution in [0.3, 0.4) is 0 Å². The second kappa shape index (κ2) is 6.15. The molecule has 2 saturated heterocycles. The smallest absolute Gasteiger partial charge is 0.410 e. The zero-order valence-electron chi connectivity index (χ0n) is 14.5. The molecule has 2 aliphatic rings. The number of hydrogen-bond donors (Lipinski definition) is 2. The Morgan fingerprint density at radius 3 is 2.57 bits per heavy atom. The average Bonchev–Trinajstić information content (AvgIpc) is 3.04. The lowest BCUT2D eigenvalue weighted by Gasteiger charge is -2.40. The fourth-order valence-corrected chi connectivity index (χ4v) is 3.87. The quantitative estimate of drug-likeness (QED) is 0.898. The van der Waals surface area contributed by atoms with Gasteiger partial charge in [-0.1, -0.05) is 0 Å². The predicted octanol–water partition coefficient (Wildman–Crippen LogP) is 2.99. The van der Waals surface area contributed by atoms with E-state index in [-0.39, 0.29) is 12.1 Å². The highest BCUT2D eigenvalue weighted by Gasteiger charge is 2.45. The number of amides is 1. The minimum atomic E-state index is -0.431. The van der Waals surface area contributed by atoms with Gasteiger partial charge in [-0.15, -0.1) is 0 Å². The molecule has 3 heterocycles. The van der Waals surface area contributed by atoms with Crippen LogP contribution < -0.4 is 5.32 Å². The normalized spacial score (nSPS) is 28.7. The Balaban J connectivity index is 1.59. The molecule has 1 aromatic heterocycles. The summed E-state index contributed by atoms with van der Waals surface area (Å²) in [6.07, 6.45) is 7.61. The number of piperidine rings is 1. The van der Waals surface area contributed by atoms with E-state index < -0.39 is 5.60 Å². The SMILES string of the molecule is CC(NC1CC2CCC(C1)N2C(=O)OC(C)(C)C)c1ncc[nH]1. The van der Waals surface area contributed by atoms with Crippen molar-refractivity contribution in [1.29, 1.82) is 0 Å². The van der Waals surface area contributed by atoms with Gasteiger partial charge in [0.1, 0.15) is 11.4 Å². The summed E-state index contributed by atoms with van der Waals surface area (Å²) in [4.78, 5) is 21.9. The van der Waals surface area contributed by atoms with E-state index in [0.717, 1.165) is 31.5 Å². The lowest BCUT2D eigenvalue weighted by Crippen LogP contribution is -2.52. The second-order valence-electron chi connectivity index (χ2n) is 7.80. The van der Waals surface area contributed by atoms with Gasteiger partial charge in [0.05, 0.1) is 6.04 Å². The number of nitrogens with one attached hydrogen (secondary N) is 2. The molecule has 128 valence electrons. The number of ether oxygens (including phenoxy) is 1. The first-order valence-corrected chi connectivity index (χ1v) is 8.60. The Hall–Kier alpha value is -1.56. The lowest BCUT2D eigenvalue weighted by molar-refractivity contribution is 0.00431. The fraction of sp³-hybridized carbons (Fsp3) is 0.765. The van der Waals surface area contributed by atoms with E-state index in [0.29, 0.717) is 18.1 Å². The van der Waals surface area contributed by atoms with Crippen molar-refractivity contribution >= 4 is 6.09 Å². The first-order chi connectivity index (χ1) is 10.8. The standard InChI is InChI=1S/C17H28N4O2/c1-11(15-18-7-8-19-15)20-12-9-13-5-6-14(10-12)21(13)16(22)23-17(2,3)4/h7-8,11-14,20H,5-6,9-10H2,1-4H3,(H,18,19). The molecule has 2 N–H and O–H groups in total. The molecule has 6 heteroatoms. The Bertz CT molecular complexity index is 523. The lowest BCUT2D eigenvalue weighted by atomic mass is 9.97. The Morgan fingerprint density at radius 1 is 1.39 bits per heavy atom. The topological polar surface area (TPSA) is 70.2 Å². The van der Waals surface area contributed by atoms with Crippen LogP contribution in [0.2, 0.25) is 0 Å². The molecule has 3 atom stereocenters. The van der Waals surface area contributed by atoms with Gasteiger partial charge in [0.2, 0.25) is 0 Å². The summed E-state index contributed by atoms with van der Waals surface area (Å²) in [6.45, 7) is 7.89. The minimum absolute atomic E-state index is 0.150. The average molecular weight is 320 g/mol. The van der Waals surface area contributed by atoms with Gasteiger partial charge in [-0.05, 0) is 53.4 Å². The van der Waals surface area contributed by atoms with Crippen LogP contribution in [0.15, 0.2) is 12.4 Å². The van der Waals surface area contributed by atoms with Crippen molar-refractivity contribution in [3.63, 3.8) is 0 Å². The van der Waals surface area contributed by atoms with Crippen molar-refractivity contribution in [1.82, 2.24) is 20.2 Å². The van der Waals surface area contributed by atoms with Crippen molar-refractivity contribution in [2.24, 2.45) is 0 Å². The van der Waals surface area contributed by atoms with Crippen molar-refractivity contribution in [3.8, 4) is 0 Å². The van der Waals surface area contributed by atoms with Crippen molar-refractivity contribution in [2.75, 3.05) is 0 Å². The van der Waals surface area contributed by atoms with Gasteiger partial charge in [0.15, 0.2) is 0 Å². The molecule has 3 unspecified atom stereocenters. The number of aromatic nitrogens is 2. The van der Waals surface area contributed by atoms with E-state index in [1.165, 1.54) is 0 Å². The van der Waals surface area contributed by atoms with Gasteiger partial charge in [-0.25, -0.2) is 9.78 Å². The predicted molar refractivity (Wildman–Crippen MR) is 88.0 cm³/mol. The number of fused-ring (bicyclic) bond motifs is 2. The summed E-state index contributed by atoms with van der Waals surface area (Å²) < 4.78 is 5.58. The highest BCUT2D eigenvalue weighted by Crippen LogP contribution is 2.37. The summed E-state index contributed by atoms with van der Waals surface area (Å²) in [5.41, 5.74) is -0.431. The van der Waals surface area contributed by atoms with Gasteiger partial charge in [0, 0.05) is 30.5 Å². The van der Waals surface area contributed by atoms with E-state index in [2.05, 4.69) is 22.2 Å². The van der Waals surface area contributed by atoms with E-state index in [4.69, 9.17) is 4.74 Å². The molecule has 2 fully saturated rings. The van der Waals surface area contributed by atoms with E-state index in [9.17, 15) is 4.79 Å². The monoisotopic (exact) mass is 320 g/mol. The Labute approximate surface area is 138 Å². The maximum absolute atomic E-state index is 12.5. The number of carbonyl (C=O) groups excluding carboxylic acids is 1. The van der Waals surface area contributed by atoms with Gasteiger partial charge >= 0.3 is 6.09 Å². The van der Waals surface area contributed by atoms with Crippen LogP contribution in [0, 0.1) is 0 Å². The molecule has 1 amide bonds. The van der Waals surface area contributed by atoms with Crippen LogP contribution in [-0.4, -0.2) is 44.7 Å². The molecule has 1 aromatic rings. The molecule has 0 saturated carbocycles. The molecule has 23 heavy (non-hydrogen) atoms. The first-order valence-electron chi connectivity index (χ1n) is 8.60. The van der Waals surface area contributed by atoms with Crippen LogP contribution in [0.5, 0.6) is 0 Å². The number of hydrogen-bond acceptors (Lipinski definition) is 4. The van der Waals surface area contributed by atoms with Gasteiger partial charge in [0.25, 0.3) is 0 Å². The number of imidazole rings is 1. The van der Waals surface area contributed by atoms with E-state index in [1.54, 1.807) is 6.20 Å². The molecule has 2 bridgehead atoms. The van der Waals surface area contributed by atoms with Crippen molar-refractivity contribution < 1.29 is 9.53 Å². The van der Waals surface area contributed by atoms with E-state index >= 15 is 0 Å². The maximum Gasteiger partial charge on any atom is 0.410 e. The third-order valence-corrected chi connectivity index (χ3v) is 4.75. The fourth-order valence-electron chi connectivity index (χ4n) is 3.87. The minimum Gasteiger partial charge on any atom is -0.444 e. The summed E-state index contributed by atoms with van der Waals surface area (Å²) in [5.74, 6) is 0.965. The summed E-state index contributed by atoms with van der Waals surface area (Å²) in [5, 5.41) is 3.66. The number of aromatic amines is 1. The van der Waals surface area contributed by atoms with Crippen LogP contribution in [0.4, 0.5) is 4.79 Å². The maximum atomic E-state index is 12.5. The molecular formula is C17H28N4O2. The molecule has 2 aliphatic heterocycles. The van der Waals surface area contributed by atoms with Crippen molar-refractivity contribution in [2.45, 2.75) is 83.1 Å². The largest absolute Gasteiger partial charge is 0.444 e. The van der Waals surface area contributed by atoms with Gasteiger partial charge in [-0.2, -0.15) is 0 Å². The molecule has 6 nitrogen and oxygen atoms in total. The molecular weight excluding hydrogens is 292 g/mol. The van der Waals surface area contributed by atoms with Gasteiger partial charge in [-0.3, -0.25) is 0 Å². The third-order valence-electron chi connectivity index (χ3n) is 4.75. The van der Waals surface area contributed by atoms with Crippen LogP contribution in [-0.2, 0) is 4.74 Å². The van der Waals surface area contributed by atoms with Crippen molar-refractivity contribution in [3.05, 3.63) is 18.2 Å². The molecule has 0 radical (unpaired) electrons. The summed E-state index contributed by atoms with van der Waals surface area (Å²) in [6, 6.07) is 1.21. The molecule has 0 aromatic carbocycles. The summed E-state index contributed by atoms with van der Waals surface area (Å²) >= 11 is 0. The summed E-state index contributed by atoms with van der Waals surface area (Å²) in [7, 11) is 0. The zero-order valence-corrected chi connectivity index (χ0v) is 14.5. The molecule has 0 aliphatic carbocycles. The third kappa shape index (κ3) is 3.68. The zero-order chi connectivity index (χ0) is 16.6. The highest BCUT2D eigenvalue weighted by molar-refractivity contribution is 5.69. The number of H-pyrrole nitrogens is 1. The first kappa shape index (κ1) is 16.3. The van der Waals surface area contributed by atoms with Crippen LogP contribution >= 0.6 is 0 Å². The Morgan fingerprint density at radius 2 is 2.04 bits per heavy atom. The molecule has 0 spiro atoms. The van der Waals surface area contributed by atoms with Crippen LogP contribution in [0.1, 0.15) is 65.2 Å². The van der Waals surface area contributed by atoms with E-state index in [1.807, 2.05) is 31.9 Å². The highest BCUT2D eigenvalue weighted by atomic mass is 16.6. The molecule has 3 rings (SSSR count). The number of rotatable bonds is 3.